The summed E-state index contributed by atoms with van der Waals surface area (Å²) < 4.78 is 25.0. The average molecular weight is 278 g/mol. The van der Waals surface area contributed by atoms with Crippen molar-refractivity contribution in [1.82, 2.24) is 4.72 Å². The fraction of sp³-hybridized carbons (Fsp3) is 0.300. The summed E-state index contributed by atoms with van der Waals surface area (Å²) in [5.74, 6) is -2.34. The third kappa shape index (κ3) is 4.72. The number of hydrogen-bond donors (Lipinski definition) is 2. The van der Waals surface area contributed by atoms with Gasteiger partial charge in [-0.05, 0) is 24.6 Å². The van der Waals surface area contributed by atoms with Crippen LogP contribution in [0.2, 0.25) is 5.02 Å². The predicted molar refractivity (Wildman–Crippen MR) is 64.4 cm³/mol. The van der Waals surface area contributed by atoms with E-state index in [2.05, 4.69) is 4.72 Å². The van der Waals surface area contributed by atoms with Gasteiger partial charge in [0.25, 0.3) is 0 Å². The quantitative estimate of drug-likeness (QED) is 0.852. The lowest BCUT2D eigenvalue weighted by atomic mass is 10.1. The van der Waals surface area contributed by atoms with Crippen molar-refractivity contribution in [2.45, 2.75) is 13.0 Å². The molecule has 0 aliphatic rings. The Balaban J connectivity index is 2.79. The number of sulfonamides is 1. The van der Waals surface area contributed by atoms with Crippen LogP contribution in [0.4, 0.5) is 0 Å². The van der Waals surface area contributed by atoms with E-state index >= 15 is 0 Å². The summed E-state index contributed by atoms with van der Waals surface area (Å²) in [6.07, 6.45) is 0. The van der Waals surface area contributed by atoms with Gasteiger partial charge in [-0.15, -0.1) is 0 Å². The minimum Gasteiger partial charge on any atom is -0.480 e. The minimum absolute atomic E-state index is 0.492. The second kappa shape index (κ2) is 5.48. The number of benzene rings is 1. The Morgan fingerprint density at radius 3 is 2.71 bits per heavy atom. The van der Waals surface area contributed by atoms with Crippen molar-refractivity contribution in [2.24, 2.45) is 0 Å². The highest BCUT2D eigenvalue weighted by Crippen LogP contribution is 2.17. The van der Waals surface area contributed by atoms with Crippen LogP contribution in [0.25, 0.3) is 0 Å². The topological polar surface area (TPSA) is 83.5 Å². The fourth-order valence-corrected chi connectivity index (χ4v) is 2.60. The van der Waals surface area contributed by atoms with E-state index in [9.17, 15) is 13.2 Å². The number of aliphatic carboxylic acids is 1. The van der Waals surface area contributed by atoms with Crippen LogP contribution in [-0.2, 0) is 14.8 Å². The van der Waals surface area contributed by atoms with Crippen molar-refractivity contribution >= 4 is 27.6 Å². The molecule has 1 rings (SSSR count). The number of halogens is 1. The molecule has 0 heterocycles. The molecule has 2 N–H and O–H groups in total. The van der Waals surface area contributed by atoms with Gasteiger partial charge in [-0.1, -0.05) is 23.7 Å². The molecule has 0 radical (unpaired) electrons. The van der Waals surface area contributed by atoms with Crippen LogP contribution in [0.15, 0.2) is 24.3 Å². The van der Waals surface area contributed by atoms with Crippen molar-refractivity contribution in [2.75, 3.05) is 5.75 Å². The molecule has 1 aromatic rings. The normalized spacial score (nSPS) is 13.3. The van der Waals surface area contributed by atoms with Crippen LogP contribution in [0, 0.1) is 0 Å². The SMILES string of the molecule is CC(NS(=O)(=O)CC(=O)O)c1cccc(Cl)c1. The lowest BCUT2D eigenvalue weighted by Gasteiger charge is -2.13. The van der Waals surface area contributed by atoms with E-state index in [-0.39, 0.29) is 0 Å². The zero-order valence-electron chi connectivity index (χ0n) is 9.05. The first kappa shape index (κ1) is 14.0. The molecule has 1 unspecified atom stereocenters. The molecule has 1 atom stereocenters. The van der Waals surface area contributed by atoms with Crippen molar-refractivity contribution in [1.29, 1.82) is 0 Å². The number of rotatable bonds is 5. The molecule has 0 bridgehead atoms. The maximum absolute atomic E-state index is 11.4. The van der Waals surface area contributed by atoms with Crippen LogP contribution < -0.4 is 4.72 Å². The van der Waals surface area contributed by atoms with E-state index in [1.165, 1.54) is 0 Å². The lowest BCUT2D eigenvalue weighted by molar-refractivity contribution is -0.134. The first-order valence-electron chi connectivity index (χ1n) is 4.77. The number of carboxylic acids is 1. The van der Waals surface area contributed by atoms with Crippen molar-refractivity contribution in [3.05, 3.63) is 34.9 Å². The molecule has 0 aliphatic carbocycles. The lowest BCUT2D eigenvalue weighted by Crippen LogP contribution is -2.32. The summed E-state index contributed by atoms with van der Waals surface area (Å²) in [6.45, 7) is 1.62. The summed E-state index contributed by atoms with van der Waals surface area (Å²) in [4.78, 5) is 10.3. The van der Waals surface area contributed by atoms with Gasteiger partial charge in [0.2, 0.25) is 10.0 Å². The summed E-state index contributed by atoms with van der Waals surface area (Å²) in [7, 11) is -3.83. The van der Waals surface area contributed by atoms with Crippen molar-refractivity contribution in [3.63, 3.8) is 0 Å². The van der Waals surface area contributed by atoms with E-state index in [1.54, 1.807) is 31.2 Å². The van der Waals surface area contributed by atoms with Crippen LogP contribution in [-0.4, -0.2) is 25.2 Å². The molecule has 5 nitrogen and oxygen atoms in total. The van der Waals surface area contributed by atoms with Crippen LogP contribution >= 0.6 is 11.6 Å². The molecule has 94 valence electrons. The molecule has 17 heavy (non-hydrogen) atoms. The number of hydrogen-bond acceptors (Lipinski definition) is 3. The van der Waals surface area contributed by atoms with E-state index in [1.807, 2.05) is 0 Å². The van der Waals surface area contributed by atoms with Gasteiger partial charge in [0, 0.05) is 11.1 Å². The summed E-state index contributed by atoms with van der Waals surface area (Å²) >= 11 is 5.77. The van der Waals surface area contributed by atoms with Gasteiger partial charge in [-0.25, -0.2) is 13.1 Å². The third-order valence-corrected chi connectivity index (χ3v) is 3.59. The molecule has 0 amide bonds. The highest BCUT2D eigenvalue weighted by Gasteiger charge is 2.19. The standard InChI is InChI=1S/C10H12ClNO4S/c1-7(8-3-2-4-9(11)5-8)12-17(15,16)6-10(13)14/h2-5,7,12H,6H2,1H3,(H,13,14). The zero-order chi connectivity index (χ0) is 13.1. The van der Waals surface area contributed by atoms with Crippen molar-refractivity contribution in [3.8, 4) is 0 Å². The van der Waals surface area contributed by atoms with Gasteiger partial charge < -0.3 is 5.11 Å². The molecule has 0 spiro atoms. The first-order valence-corrected chi connectivity index (χ1v) is 6.80. The van der Waals surface area contributed by atoms with Crippen molar-refractivity contribution < 1.29 is 18.3 Å². The highest BCUT2D eigenvalue weighted by molar-refractivity contribution is 7.90. The molecule has 1 aromatic carbocycles. The smallest absolute Gasteiger partial charge is 0.320 e. The average Bonchev–Trinajstić information content (AvgIpc) is 2.14. The molecule has 7 heteroatoms. The Hall–Kier alpha value is -1.11. The maximum Gasteiger partial charge on any atom is 0.320 e. The molecule has 0 fully saturated rings. The van der Waals surface area contributed by atoms with Gasteiger partial charge in [-0.3, -0.25) is 4.79 Å². The van der Waals surface area contributed by atoms with Gasteiger partial charge in [-0.2, -0.15) is 0 Å². The van der Waals surface area contributed by atoms with Gasteiger partial charge in [0.1, 0.15) is 0 Å². The zero-order valence-corrected chi connectivity index (χ0v) is 10.6. The second-order valence-corrected chi connectivity index (χ2v) is 5.74. The fourth-order valence-electron chi connectivity index (χ4n) is 1.32. The second-order valence-electron chi connectivity index (χ2n) is 3.55. The number of carbonyl (C=O) groups is 1. The van der Waals surface area contributed by atoms with E-state index in [0.717, 1.165) is 0 Å². The number of nitrogens with one attached hydrogen (secondary N) is 1. The summed E-state index contributed by atoms with van der Waals surface area (Å²) in [5.41, 5.74) is 0.673. The monoisotopic (exact) mass is 277 g/mol. The van der Waals surface area contributed by atoms with Crippen LogP contribution in [0.3, 0.4) is 0 Å². The minimum atomic E-state index is -3.83. The van der Waals surface area contributed by atoms with Crippen LogP contribution in [0.1, 0.15) is 18.5 Å². The van der Waals surface area contributed by atoms with Gasteiger partial charge in [0.05, 0.1) is 0 Å². The predicted octanol–water partition coefficient (Wildman–Crippen LogP) is 1.40. The first-order chi connectivity index (χ1) is 7.80. The van der Waals surface area contributed by atoms with E-state index in [0.29, 0.717) is 10.6 Å². The molecule has 0 saturated carbocycles. The molecular formula is C10H12ClNO4S. The third-order valence-electron chi connectivity index (χ3n) is 2.02. The molecule has 0 aromatic heterocycles. The van der Waals surface area contributed by atoms with Crippen LogP contribution in [0.5, 0.6) is 0 Å². The Kier molecular flexibility index (Phi) is 4.50. The number of carboxylic acid groups (broad SMARTS) is 1. The Bertz CT molecular complexity index is 515. The Morgan fingerprint density at radius 1 is 1.53 bits per heavy atom. The summed E-state index contributed by atoms with van der Waals surface area (Å²) in [6, 6.07) is 6.16. The largest absolute Gasteiger partial charge is 0.480 e. The highest BCUT2D eigenvalue weighted by atomic mass is 35.5. The Morgan fingerprint density at radius 2 is 2.18 bits per heavy atom. The molecule has 0 aliphatic heterocycles. The van der Waals surface area contributed by atoms with Gasteiger partial charge >= 0.3 is 5.97 Å². The molecular weight excluding hydrogens is 266 g/mol. The van der Waals surface area contributed by atoms with E-state index < -0.39 is 27.8 Å². The maximum atomic E-state index is 11.4. The summed E-state index contributed by atoms with van der Waals surface area (Å²) in [5, 5.41) is 8.93. The molecule has 0 saturated heterocycles. The Labute approximate surface area is 104 Å². The van der Waals surface area contributed by atoms with Gasteiger partial charge in [0.15, 0.2) is 5.75 Å². The van der Waals surface area contributed by atoms with E-state index in [4.69, 9.17) is 16.7 Å².